The standard InChI is InChI=1S/C10H18N4O2/c1-14-12-10(11-13-14)7-8(15)4-5-9-3-2-6-16-9/h8-9,15H,2-7H2,1H3. The second-order valence-corrected chi connectivity index (χ2v) is 4.27. The Morgan fingerprint density at radius 2 is 2.50 bits per heavy atom. The van der Waals surface area contributed by atoms with Crippen molar-refractivity contribution in [3.05, 3.63) is 5.82 Å². The summed E-state index contributed by atoms with van der Waals surface area (Å²) in [7, 11) is 1.72. The van der Waals surface area contributed by atoms with Gasteiger partial charge in [0, 0.05) is 13.0 Å². The minimum absolute atomic E-state index is 0.337. The van der Waals surface area contributed by atoms with E-state index in [0.29, 0.717) is 18.3 Å². The molecule has 90 valence electrons. The summed E-state index contributed by atoms with van der Waals surface area (Å²) in [5.41, 5.74) is 0. The van der Waals surface area contributed by atoms with Crippen LogP contribution in [0.15, 0.2) is 0 Å². The number of nitrogens with zero attached hydrogens (tertiary/aromatic N) is 4. The van der Waals surface area contributed by atoms with Crippen LogP contribution in [0.4, 0.5) is 0 Å². The number of aliphatic hydroxyl groups excluding tert-OH is 1. The molecule has 0 radical (unpaired) electrons. The minimum Gasteiger partial charge on any atom is -0.393 e. The third-order valence-electron chi connectivity index (χ3n) is 2.81. The smallest absolute Gasteiger partial charge is 0.177 e. The van der Waals surface area contributed by atoms with Crippen LogP contribution in [0.2, 0.25) is 0 Å². The summed E-state index contributed by atoms with van der Waals surface area (Å²) in [4.78, 5) is 1.40. The predicted octanol–water partition coefficient (Wildman–Crippen LogP) is 0.0727. The van der Waals surface area contributed by atoms with Gasteiger partial charge in [0.15, 0.2) is 5.82 Å². The molecule has 0 aliphatic carbocycles. The molecule has 1 aromatic rings. The molecule has 0 aromatic carbocycles. The second-order valence-electron chi connectivity index (χ2n) is 4.27. The van der Waals surface area contributed by atoms with E-state index in [9.17, 15) is 5.11 Å². The minimum atomic E-state index is -0.395. The number of tetrazole rings is 1. The van der Waals surface area contributed by atoms with Gasteiger partial charge in [-0.05, 0) is 30.9 Å². The van der Waals surface area contributed by atoms with Gasteiger partial charge < -0.3 is 9.84 Å². The Hall–Kier alpha value is -1.01. The highest BCUT2D eigenvalue weighted by Crippen LogP contribution is 2.18. The summed E-state index contributed by atoms with van der Waals surface area (Å²) >= 11 is 0. The molecule has 0 saturated carbocycles. The summed E-state index contributed by atoms with van der Waals surface area (Å²) in [6, 6.07) is 0. The second kappa shape index (κ2) is 5.36. The molecule has 0 bridgehead atoms. The molecule has 2 rings (SSSR count). The molecule has 2 unspecified atom stereocenters. The van der Waals surface area contributed by atoms with Crippen molar-refractivity contribution in [2.75, 3.05) is 6.61 Å². The molecule has 1 aliphatic rings. The third-order valence-corrected chi connectivity index (χ3v) is 2.81. The van der Waals surface area contributed by atoms with Crippen LogP contribution in [0, 0.1) is 0 Å². The van der Waals surface area contributed by atoms with Crippen molar-refractivity contribution in [1.82, 2.24) is 20.2 Å². The quantitative estimate of drug-likeness (QED) is 0.769. The molecule has 6 heteroatoms. The van der Waals surface area contributed by atoms with E-state index in [1.165, 1.54) is 4.80 Å². The fourth-order valence-corrected chi connectivity index (χ4v) is 1.97. The fourth-order valence-electron chi connectivity index (χ4n) is 1.97. The molecule has 16 heavy (non-hydrogen) atoms. The van der Waals surface area contributed by atoms with Gasteiger partial charge in [-0.25, -0.2) is 0 Å². The predicted molar refractivity (Wildman–Crippen MR) is 56.7 cm³/mol. The fraction of sp³-hybridized carbons (Fsp3) is 0.900. The van der Waals surface area contributed by atoms with E-state index in [1.807, 2.05) is 0 Å². The van der Waals surface area contributed by atoms with Crippen molar-refractivity contribution in [1.29, 1.82) is 0 Å². The largest absolute Gasteiger partial charge is 0.393 e. The lowest BCUT2D eigenvalue weighted by atomic mass is 10.1. The van der Waals surface area contributed by atoms with Gasteiger partial charge >= 0.3 is 0 Å². The lowest BCUT2D eigenvalue weighted by molar-refractivity contribution is 0.0808. The van der Waals surface area contributed by atoms with E-state index in [1.54, 1.807) is 7.05 Å². The Balaban J connectivity index is 1.69. The first-order chi connectivity index (χ1) is 7.74. The molecule has 1 aliphatic heterocycles. The zero-order chi connectivity index (χ0) is 11.4. The van der Waals surface area contributed by atoms with Gasteiger partial charge in [-0.15, -0.1) is 10.2 Å². The zero-order valence-corrected chi connectivity index (χ0v) is 9.54. The van der Waals surface area contributed by atoms with Crippen molar-refractivity contribution >= 4 is 0 Å². The van der Waals surface area contributed by atoms with E-state index >= 15 is 0 Å². The first kappa shape index (κ1) is 11.5. The monoisotopic (exact) mass is 226 g/mol. The number of hydrogen-bond donors (Lipinski definition) is 1. The van der Waals surface area contributed by atoms with Gasteiger partial charge in [-0.2, -0.15) is 4.80 Å². The van der Waals surface area contributed by atoms with Crippen LogP contribution in [-0.2, 0) is 18.2 Å². The molecule has 2 heterocycles. The average molecular weight is 226 g/mol. The van der Waals surface area contributed by atoms with Crippen LogP contribution in [0.5, 0.6) is 0 Å². The van der Waals surface area contributed by atoms with Crippen LogP contribution in [-0.4, -0.2) is 44.1 Å². The highest BCUT2D eigenvalue weighted by Gasteiger charge is 2.17. The van der Waals surface area contributed by atoms with E-state index in [-0.39, 0.29) is 0 Å². The Bertz CT molecular complexity index is 322. The van der Waals surface area contributed by atoms with Crippen LogP contribution in [0.1, 0.15) is 31.5 Å². The lowest BCUT2D eigenvalue weighted by Crippen LogP contribution is -2.15. The highest BCUT2D eigenvalue weighted by molar-refractivity contribution is 4.81. The van der Waals surface area contributed by atoms with Gasteiger partial charge in [0.05, 0.1) is 19.3 Å². The van der Waals surface area contributed by atoms with Gasteiger partial charge in [0.2, 0.25) is 0 Å². The van der Waals surface area contributed by atoms with Crippen LogP contribution in [0.25, 0.3) is 0 Å². The van der Waals surface area contributed by atoms with E-state index in [4.69, 9.17) is 4.74 Å². The number of ether oxygens (including phenoxy) is 1. The number of aliphatic hydroxyl groups is 1. The highest BCUT2D eigenvalue weighted by atomic mass is 16.5. The van der Waals surface area contributed by atoms with E-state index in [0.717, 1.165) is 32.3 Å². The normalized spacial score (nSPS) is 22.5. The maximum Gasteiger partial charge on any atom is 0.177 e. The number of aromatic nitrogens is 4. The molecule has 1 aromatic heterocycles. The zero-order valence-electron chi connectivity index (χ0n) is 9.54. The molecule has 2 atom stereocenters. The summed E-state index contributed by atoms with van der Waals surface area (Å²) in [5, 5.41) is 21.4. The van der Waals surface area contributed by atoms with Gasteiger partial charge in [0.1, 0.15) is 0 Å². The molecular weight excluding hydrogens is 208 g/mol. The summed E-state index contributed by atoms with van der Waals surface area (Å²) in [6.45, 7) is 0.868. The Kier molecular flexibility index (Phi) is 3.84. The van der Waals surface area contributed by atoms with Crippen LogP contribution < -0.4 is 0 Å². The Morgan fingerprint density at radius 1 is 1.62 bits per heavy atom. The number of rotatable bonds is 5. The van der Waals surface area contributed by atoms with Crippen LogP contribution in [0.3, 0.4) is 0 Å². The Labute approximate surface area is 94.6 Å². The molecule has 0 spiro atoms. The Morgan fingerprint density at radius 3 is 3.12 bits per heavy atom. The topological polar surface area (TPSA) is 73.1 Å². The third kappa shape index (κ3) is 3.24. The molecule has 6 nitrogen and oxygen atoms in total. The maximum atomic E-state index is 9.80. The lowest BCUT2D eigenvalue weighted by Gasteiger charge is -2.12. The van der Waals surface area contributed by atoms with Crippen molar-refractivity contribution in [3.63, 3.8) is 0 Å². The average Bonchev–Trinajstić information content (AvgIpc) is 2.87. The van der Waals surface area contributed by atoms with Crippen molar-refractivity contribution in [2.45, 2.75) is 44.3 Å². The van der Waals surface area contributed by atoms with Gasteiger partial charge in [-0.1, -0.05) is 0 Å². The summed E-state index contributed by atoms with van der Waals surface area (Å²) in [6.07, 6.45) is 4.34. The summed E-state index contributed by atoms with van der Waals surface area (Å²) in [5.74, 6) is 0.599. The van der Waals surface area contributed by atoms with Crippen LogP contribution >= 0.6 is 0 Å². The SMILES string of the molecule is Cn1nnc(CC(O)CCC2CCCO2)n1. The molecule has 0 amide bonds. The van der Waals surface area contributed by atoms with Gasteiger partial charge in [0.25, 0.3) is 0 Å². The van der Waals surface area contributed by atoms with Crippen molar-refractivity contribution in [2.24, 2.45) is 7.05 Å². The molecule has 1 fully saturated rings. The molecule has 1 N–H and O–H groups in total. The van der Waals surface area contributed by atoms with E-state index in [2.05, 4.69) is 15.4 Å². The first-order valence-electron chi connectivity index (χ1n) is 5.76. The van der Waals surface area contributed by atoms with E-state index < -0.39 is 6.10 Å². The maximum absolute atomic E-state index is 9.80. The molecular formula is C10H18N4O2. The number of aryl methyl sites for hydroxylation is 1. The van der Waals surface area contributed by atoms with Gasteiger partial charge in [-0.3, -0.25) is 0 Å². The number of hydrogen-bond acceptors (Lipinski definition) is 5. The molecule has 1 saturated heterocycles. The first-order valence-corrected chi connectivity index (χ1v) is 5.76. The van der Waals surface area contributed by atoms with Crippen molar-refractivity contribution in [3.8, 4) is 0 Å². The summed E-state index contributed by atoms with van der Waals surface area (Å²) < 4.78 is 5.50. The van der Waals surface area contributed by atoms with Crippen molar-refractivity contribution < 1.29 is 9.84 Å².